The first kappa shape index (κ1) is 15.3. The van der Waals surface area contributed by atoms with E-state index in [4.69, 9.17) is 0 Å². The van der Waals surface area contributed by atoms with Crippen LogP contribution < -0.4 is 10.6 Å². The molecule has 0 aliphatic carbocycles. The van der Waals surface area contributed by atoms with Crippen LogP contribution in [-0.4, -0.2) is 25.5 Å². The van der Waals surface area contributed by atoms with Gasteiger partial charge in [0.25, 0.3) is 5.91 Å². The first-order chi connectivity index (χ1) is 9.16. The molecule has 104 valence electrons. The minimum atomic E-state index is 0.00848. The van der Waals surface area contributed by atoms with Gasteiger partial charge in [0.1, 0.15) is 0 Å². The lowest BCUT2D eigenvalue weighted by Gasteiger charge is -2.22. The van der Waals surface area contributed by atoms with Gasteiger partial charge in [-0.25, -0.2) is 0 Å². The Morgan fingerprint density at radius 1 is 1.53 bits per heavy atom. The molecule has 1 aliphatic heterocycles. The van der Waals surface area contributed by atoms with E-state index >= 15 is 0 Å². The van der Waals surface area contributed by atoms with Crippen molar-refractivity contribution in [3.8, 4) is 0 Å². The predicted octanol–water partition coefficient (Wildman–Crippen LogP) is 3.17. The number of hydrogen-bond donors (Lipinski definition) is 2. The Bertz CT molecular complexity index is 447. The maximum absolute atomic E-state index is 12.1. The highest BCUT2D eigenvalue weighted by Crippen LogP contribution is 2.19. The number of hydrogen-bond acceptors (Lipinski definition) is 2. The molecule has 1 unspecified atom stereocenters. The Morgan fingerprint density at radius 2 is 2.37 bits per heavy atom. The van der Waals surface area contributed by atoms with Crippen molar-refractivity contribution in [2.75, 3.05) is 19.6 Å². The number of carbonyl (C=O) groups is 1. The van der Waals surface area contributed by atoms with Crippen LogP contribution in [0.5, 0.6) is 0 Å². The molecule has 1 saturated heterocycles. The molecule has 1 heterocycles. The Kier molecular flexibility index (Phi) is 6.09. The monoisotopic (exact) mass is 436 g/mol. The third-order valence-corrected chi connectivity index (χ3v) is 4.77. The van der Waals surface area contributed by atoms with Crippen molar-refractivity contribution < 1.29 is 4.79 Å². The fraction of sp³-hybridized carbons (Fsp3) is 0.500. The normalized spacial score (nSPS) is 19.2. The van der Waals surface area contributed by atoms with Gasteiger partial charge >= 0.3 is 0 Å². The van der Waals surface area contributed by atoms with E-state index in [9.17, 15) is 4.79 Å². The molecule has 19 heavy (non-hydrogen) atoms. The fourth-order valence-corrected chi connectivity index (χ4v) is 3.24. The Morgan fingerprint density at radius 3 is 3.11 bits per heavy atom. The quantitative estimate of drug-likeness (QED) is 0.711. The fourth-order valence-electron chi connectivity index (χ4n) is 2.33. The number of halogens is 2. The van der Waals surface area contributed by atoms with Crippen molar-refractivity contribution in [1.29, 1.82) is 0 Å². The SMILES string of the molecule is O=C(NCCC1CCCNC1)c1cc(I)ccc1Br. The molecule has 1 aromatic rings. The highest BCUT2D eigenvalue weighted by atomic mass is 127. The van der Waals surface area contributed by atoms with Gasteiger partial charge < -0.3 is 10.6 Å². The molecule has 1 fully saturated rings. The van der Waals surface area contributed by atoms with Gasteiger partial charge in [0, 0.05) is 14.6 Å². The molecule has 3 nitrogen and oxygen atoms in total. The molecule has 0 radical (unpaired) electrons. The van der Waals surface area contributed by atoms with Crippen molar-refractivity contribution in [2.45, 2.75) is 19.3 Å². The van der Waals surface area contributed by atoms with E-state index in [0.717, 1.165) is 34.1 Å². The van der Waals surface area contributed by atoms with E-state index in [1.165, 1.54) is 12.8 Å². The van der Waals surface area contributed by atoms with Crippen molar-refractivity contribution in [3.63, 3.8) is 0 Å². The summed E-state index contributed by atoms with van der Waals surface area (Å²) in [6.45, 7) is 2.98. The molecule has 0 bridgehead atoms. The molecular weight excluding hydrogens is 419 g/mol. The zero-order chi connectivity index (χ0) is 13.7. The molecule has 2 N–H and O–H groups in total. The van der Waals surface area contributed by atoms with Crippen molar-refractivity contribution >= 4 is 44.4 Å². The van der Waals surface area contributed by atoms with Crippen LogP contribution in [0.15, 0.2) is 22.7 Å². The van der Waals surface area contributed by atoms with E-state index in [1.54, 1.807) is 0 Å². The average molecular weight is 437 g/mol. The topological polar surface area (TPSA) is 41.1 Å². The Labute approximate surface area is 136 Å². The van der Waals surface area contributed by atoms with Crippen molar-refractivity contribution in [2.24, 2.45) is 5.92 Å². The standard InChI is InChI=1S/C14H18BrIN2O/c15-13-4-3-11(16)8-12(13)14(19)18-7-5-10-2-1-6-17-9-10/h3-4,8,10,17H,1-2,5-7,9H2,(H,18,19). The van der Waals surface area contributed by atoms with Gasteiger partial charge in [-0.1, -0.05) is 0 Å². The van der Waals surface area contributed by atoms with E-state index in [-0.39, 0.29) is 5.91 Å². The van der Waals surface area contributed by atoms with Gasteiger partial charge in [0.2, 0.25) is 0 Å². The molecule has 1 amide bonds. The number of nitrogens with one attached hydrogen (secondary N) is 2. The van der Waals surface area contributed by atoms with E-state index < -0.39 is 0 Å². The molecular formula is C14H18BrIN2O. The second-order valence-electron chi connectivity index (χ2n) is 4.88. The smallest absolute Gasteiger partial charge is 0.252 e. The van der Waals surface area contributed by atoms with Gasteiger partial charge in [-0.3, -0.25) is 4.79 Å². The second-order valence-corrected chi connectivity index (χ2v) is 6.98. The zero-order valence-corrected chi connectivity index (χ0v) is 14.5. The van der Waals surface area contributed by atoms with Crippen LogP contribution in [-0.2, 0) is 0 Å². The molecule has 5 heteroatoms. The summed E-state index contributed by atoms with van der Waals surface area (Å²) in [7, 11) is 0. The van der Waals surface area contributed by atoms with Gasteiger partial charge in [-0.05, 0) is 95.0 Å². The lowest BCUT2D eigenvalue weighted by molar-refractivity contribution is 0.0950. The average Bonchev–Trinajstić information content (AvgIpc) is 2.42. The summed E-state index contributed by atoms with van der Waals surface area (Å²) in [4.78, 5) is 12.1. The number of rotatable bonds is 4. The summed E-state index contributed by atoms with van der Waals surface area (Å²) in [6, 6.07) is 5.80. The second kappa shape index (κ2) is 7.59. The maximum Gasteiger partial charge on any atom is 0.252 e. The van der Waals surface area contributed by atoms with Crippen LogP contribution in [0.2, 0.25) is 0 Å². The van der Waals surface area contributed by atoms with Crippen LogP contribution in [0, 0.1) is 9.49 Å². The number of piperidine rings is 1. The molecule has 1 aromatic carbocycles. The van der Waals surface area contributed by atoms with Crippen LogP contribution in [0.1, 0.15) is 29.6 Å². The molecule has 2 rings (SSSR count). The number of carbonyl (C=O) groups excluding carboxylic acids is 1. The highest BCUT2D eigenvalue weighted by molar-refractivity contribution is 14.1. The van der Waals surface area contributed by atoms with Crippen LogP contribution >= 0.6 is 38.5 Å². The summed E-state index contributed by atoms with van der Waals surface area (Å²) in [5.41, 5.74) is 0.716. The predicted molar refractivity (Wildman–Crippen MR) is 89.4 cm³/mol. The van der Waals surface area contributed by atoms with Gasteiger partial charge in [-0.2, -0.15) is 0 Å². The summed E-state index contributed by atoms with van der Waals surface area (Å²) in [6.07, 6.45) is 3.58. The first-order valence-electron chi connectivity index (χ1n) is 6.61. The Hall–Kier alpha value is -0.140. The number of benzene rings is 1. The Balaban J connectivity index is 1.82. The minimum Gasteiger partial charge on any atom is -0.352 e. The lowest BCUT2D eigenvalue weighted by Crippen LogP contribution is -2.33. The maximum atomic E-state index is 12.1. The number of amides is 1. The lowest BCUT2D eigenvalue weighted by atomic mass is 9.96. The molecule has 0 spiro atoms. The van der Waals surface area contributed by atoms with Crippen LogP contribution in [0.4, 0.5) is 0 Å². The third-order valence-electron chi connectivity index (χ3n) is 3.41. The van der Waals surface area contributed by atoms with E-state index in [1.807, 2.05) is 18.2 Å². The van der Waals surface area contributed by atoms with E-state index in [2.05, 4.69) is 49.2 Å². The van der Waals surface area contributed by atoms with Gasteiger partial charge in [0.05, 0.1) is 5.56 Å². The molecule has 0 aromatic heterocycles. The minimum absolute atomic E-state index is 0.00848. The van der Waals surface area contributed by atoms with Gasteiger partial charge in [0.15, 0.2) is 0 Å². The highest BCUT2D eigenvalue weighted by Gasteiger charge is 2.14. The van der Waals surface area contributed by atoms with Crippen LogP contribution in [0.25, 0.3) is 0 Å². The summed E-state index contributed by atoms with van der Waals surface area (Å²) < 4.78 is 1.92. The molecule has 0 saturated carbocycles. The summed E-state index contributed by atoms with van der Waals surface area (Å²) >= 11 is 5.64. The zero-order valence-electron chi connectivity index (χ0n) is 10.7. The van der Waals surface area contributed by atoms with Crippen molar-refractivity contribution in [3.05, 3.63) is 31.8 Å². The largest absolute Gasteiger partial charge is 0.352 e. The first-order valence-corrected chi connectivity index (χ1v) is 8.48. The van der Waals surface area contributed by atoms with Crippen LogP contribution in [0.3, 0.4) is 0 Å². The summed E-state index contributed by atoms with van der Waals surface area (Å²) in [5, 5.41) is 6.41. The molecule has 1 atom stereocenters. The van der Waals surface area contributed by atoms with Gasteiger partial charge in [-0.15, -0.1) is 0 Å². The summed E-state index contributed by atoms with van der Waals surface area (Å²) in [5.74, 6) is 0.711. The van der Waals surface area contributed by atoms with Crippen molar-refractivity contribution in [1.82, 2.24) is 10.6 Å². The molecule has 1 aliphatic rings. The third kappa shape index (κ3) is 4.72. The van der Waals surface area contributed by atoms with E-state index in [0.29, 0.717) is 11.5 Å².